The standard InChI is InChI=1S/C17H21NO/c1-14-8-10-17(11-9-14)19-13-12-18-15(2)16-6-4-3-5-7-16/h3-11,15,18H,12-13H2,1-2H3. The summed E-state index contributed by atoms with van der Waals surface area (Å²) in [6, 6.07) is 18.9. The number of hydrogen-bond acceptors (Lipinski definition) is 2. The lowest BCUT2D eigenvalue weighted by atomic mass is 10.1. The molecule has 2 rings (SSSR count). The molecule has 2 aromatic carbocycles. The molecule has 0 saturated carbocycles. The van der Waals surface area contributed by atoms with Crippen LogP contribution < -0.4 is 10.1 Å². The van der Waals surface area contributed by atoms with Gasteiger partial charge in [-0.2, -0.15) is 0 Å². The fourth-order valence-corrected chi connectivity index (χ4v) is 1.94. The second-order valence-corrected chi connectivity index (χ2v) is 4.75. The van der Waals surface area contributed by atoms with Gasteiger partial charge in [0, 0.05) is 12.6 Å². The summed E-state index contributed by atoms with van der Waals surface area (Å²) >= 11 is 0. The van der Waals surface area contributed by atoms with Gasteiger partial charge in [0.2, 0.25) is 0 Å². The third kappa shape index (κ3) is 4.42. The molecule has 0 aliphatic carbocycles. The van der Waals surface area contributed by atoms with E-state index in [4.69, 9.17) is 4.74 Å². The normalized spacial score (nSPS) is 12.1. The molecule has 0 saturated heterocycles. The molecular weight excluding hydrogens is 234 g/mol. The number of ether oxygens (including phenoxy) is 1. The molecule has 19 heavy (non-hydrogen) atoms. The third-order valence-electron chi connectivity index (χ3n) is 3.14. The zero-order valence-corrected chi connectivity index (χ0v) is 11.6. The molecule has 0 aliphatic heterocycles. The molecule has 1 N–H and O–H groups in total. The lowest BCUT2D eigenvalue weighted by Crippen LogP contribution is -2.24. The van der Waals surface area contributed by atoms with Gasteiger partial charge in [0.1, 0.15) is 12.4 Å². The van der Waals surface area contributed by atoms with Crippen LogP contribution in [0.5, 0.6) is 5.75 Å². The fourth-order valence-electron chi connectivity index (χ4n) is 1.94. The monoisotopic (exact) mass is 255 g/mol. The second kappa shape index (κ2) is 6.95. The predicted octanol–water partition coefficient (Wildman–Crippen LogP) is 3.72. The Morgan fingerprint density at radius 3 is 2.37 bits per heavy atom. The van der Waals surface area contributed by atoms with E-state index in [1.807, 2.05) is 18.2 Å². The fraction of sp³-hybridized carbons (Fsp3) is 0.294. The summed E-state index contributed by atoms with van der Waals surface area (Å²) in [6.07, 6.45) is 0. The molecule has 2 heteroatoms. The summed E-state index contributed by atoms with van der Waals surface area (Å²) in [7, 11) is 0. The summed E-state index contributed by atoms with van der Waals surface area (Å²) in [4.78, 5) is 0. The van der Waals surface area contributed by atoms with Crippen molar-refractivity contribution < 1.29 is 4.74 Å². The van der Waals surface area contributed by atoms with Crippen LogP contribution in [0.15, 0.2) is 54.6 Å². The lowest BCUT2D eigenvalue weighted by molar-refractivity contribution is 0.307. The topological polar surface area (TPSA) is 21.3 Å². The number of aryl methyl sites for hydroxylation is 1. The van der Waals surface area contributed by atoms with Crippen LogP contribution in [0.3, 0.4) is 0 Å². The van der Waals surface area contributed by atoms with Crippen molar-refractivity contribution in [2.75, 3.05) is 13.2 Å². The Balaban J connectivity index is 1.71. The molecule has 0 amide bonds. The summed E-state index contributed by atoms with van der Waals surface area (Å²) in [5.74, 6) is 0.930. The number of nitrogens with one attached hydrogen (secondary N) is 1. The highest BCUT2D eigenvalue weighted by Crippen LogP contribution is 2.12. The van der Waals surface area contributed by atoms with Gasteiger partial charge in [-0.05, 0) is 31.5 Å². The Labute approximate surface area is 115 Å². The largest absolute Gasteiger partial charge is 0.492 e. The van der Waals surface area contributed by atoms with E-state index in [2.05, 4.69) is 55.6 Å². The van der Waals surface area contributed by atoms with Gasteiger partial charge in [0.15, 0.2) is 0 Å². The molecule has 0 spiro atoms. The summed E-state index contributed by atoms with van der Waals surface area (Å²) in [5, 5.41) is 3.46. The minimum absolute atomic E-state index is 0.350. The molecule has 0 aromatic heterocycles. The van der Waals surface area contributed by atoms with Crippen molar-refractivity contribution in [2.45, 2.75) is 19.9 Å². The molecule has 1 unspecified atom stereocenters. The first kappa shape index (κ1) is 13.6. The van der Waals surface area contributed by atoms with Crippen molar-refractivity contribution in [2.24, 2.45) is 0 Å². The van der Waals surface area contributed by atoms with Crippen LogP contribution in [0, 0.1) is 6.92 Å². The van der Waals surface area contributed by atoms with Gasteiger partial charge in [-0.3, -0.25) is 0 Å². The molecule has 0 bridgehead atoms. The van der Waals surface area contributed by atoms with E-state index >= 15 is 0 Å². The van der Waals surface area contributed by atoms with Crippen LogP contribution in [0.1, 0.15) is 24.1 Å². The van der Waals surface area contributed by atoms with Crippen molar-refractivity contribution in [1.29, 1.82) is 0 Å². The van der Waals surface area contributed by atoms with Gasteiger partial charge in [-0.15, -0.1) is 0 Å². The van der Waals surface area contributed by atoms with Crippen molar-refractivity contribution in [3.63, 3.8) is 0 Å². The number of rotatable bonds is 6. The van der Waals surface area contributed by atoms with Crippen LogP contribution in [0.25, 0.3) is 0 Å². The van der Waals surface area contributed by atoms with Crippen molar-refractivity contribution in [3.8, 4) is 5.75 Å². The minimum Gasteiger partial charge on any atom is -0.492 e. The van der Waals surface area contributed by atoms with E-state index < -0.39 is 0 Å². The average molecular weight is 255 g/mol. The Hall–Kier alpha value is -1.80. The van der Waals surface area contributed by atoms with Gasteiger partial charge in [-0.25, -0.2) is 0 Å². The van der Waals surface area contributed by atoms with Crippen LogP contribution in [-0.2, 0) is 0 Å². The van der Waals surface area contributed by atoms with Crippen LogP contribution in [0.4, 0.5) is 0 Å². The maximum Gasteiger partial charge on any atom is 0.119 e. The van der Waals surface area contributed by atoms with Crippen molar-refractivity contribution in [1.82, 2.24) is 5.32 Å². The molecule has 0 fully saturated rings. The predicted molar refractivity (Wildman–Crippen MR) is 79.5 cm³/mol. The maximum atomic E-state index is 5.68. The number of benzene rings is 2. The molecule has 0 radical (unpaired) electrons. The smallest absolute Gasteiger partial charge is 0.119 e. The summed E-state index contributed by atoms with van der Waals surface area (Å²) < 4.78 is 5.68. The van der Waals surface area contributed by atoms with Crippen LogP contribution >= 0.6 is 0 Å². The molecule has 2 aromatic rings. The molecule has 2 nitrogen and oxygen atoms in total. The lowest BCUT2D eigenvalue weighted by Gasteiger charge is -2.14. The SMILES string of the molecule is Cc1ccc(OCCNC(C)c2ccccc2)cc1. The van der Waals surface area contributed by atoms with E-state index in [-0.39, 0.29) is 0 Å². The Kier molecular flexibility index (Phi) is 4.99. The quantitative estimate of drug-likeness (QED) is 0.794. The van der Waals surface area contributed by atoms with E-state index in [9.17, 15) is 0 Å². The van der Waals surface area contributed by atoms with Crippen LogP contribution in [-0.4, -0.2) is 13.2 Å². The first-order valence-electron chi connectivity index (χ1n) is 6.73. The van der Waals surface area contributed by atoms with Gasteiger partial charge in [-0.1, -0.05) is 48.0 Å². The van der Waals surface area contributed by atoms with E-state index in [1.165, 1.54) is 11.1 Å². The van der Waals surface area contributed by atoms with Crippen molar-refractivity contribution in [3.05, 3.63) is 65.7 Å². The molecule has 0 aliphatic rings. The van der Waals surface area contributed by atoms with Crippen LogP contribution in [0.2, 0.25) is 0 Å². The van der Waals surface area contributed by atoms with Crippen molar-refractivity contribution >= 4 is 0 Å². The Morgan fingerprint density at radius 2 is 1.68 bits per heavy atom. The highest BCUT2D eigenvalue weighted by molar-refractivity contribution is 5.26. The zero-order valence-electron chi connectivity index (χ0n) is 11.6. The zero-order chi connectivity index (χ0) is 13.5. The third-order valence-corrected chi connectivity index (χ3v) is 3.14. The van der Waals surface area contributed by atoms with E-state index in [0.29, 0.717) is 12.6 Å². The molecule has 1 atom stereocenters. The first-order chi connectivity index (χ1) is 9.25. The number of hydrogen-bond donors (Lipinski definition) is 1. The Bertz CT molecular complexity index is 478. The molecule has 100 valence electrons. The second-order valence-electron chi connectivity index (χ2n) is 4.75. The van der Waals surface area contributed by atoms with Gasteiger partial charge < -0.3 is 10.1 Å². The van der Waals surface area contributed by atoms with Gasteiger partial charge in [0.05, 0.1) is 0 Å². The highest BCUT2D eigenvalue weighted by atomic mass is 16.5. The summed E-state index contributed by atoms with van der Waals surface area (Å²) in [6.45, 7) is 5.76. The first-order valence-corrected chi connectivity index (χ1v) is 6.73. The van der Waals surface area contributed by atoms with Gasteiger partial charge >= 0.3 is 0 Å². The van der Waals surface area contributed by atoms with Gasteiger partial charge in [0.25, 0.3) is 0 Å². The maximum absolute atomic E-state index is 5.68. The van der Waals surface area contributed by atoms with E-state index in [1.54, 1.807) is 0 Å². The summed E-state index contributed by atoms with van der Waals surface area (Å²) in [5.41, 5.74) is 2.56. The molecular formula is C17H21NO. The Morgan fingerprint density at radius 1 is 1.00 bits per heavy atom. The minimum atomic E-state index is 0.350. The highest BCUT2D eigenvalue weighted by Gasteiger charge is 2.02. The average Bonchev–Trinajstić information content (AvgIpc) is 2.46. The molecule has 0 heterocycles. The van der Waals surface area contributed by atoms with E-state index in [0.717, 1.165) is 12.3 Å².